The van der Waals surface area contributed by atoms with Crippen LogP contribution in [0.2, 0.25) is 0 Å². The van der Waals surface area contributed by atoms with Crippen molar-refractivity contribution in [3.63, 3.8) is 0 Å². The summed E-state index contributed by atoms with van der Waals surface area (Å²) in [6, 6.07) is 11.2. The van der Waals surface area contributed by atoms with Crippen molar-refractivity contribution in [1.82, 2.24) is 0 Å². The molecule has 18 heteroatoms. The molecule has 0 bridgehead atoms. The van der Waals surface area contributed by atoms with Crippen LogP contribution in [0.4, 0.5) is 17.1 Å². The number of rotatable bonds is 7. The topological polar surface area (TPSA) is 230 Å². The molecule has 0 saturated heterocycles. The van der Waals surface area contributed by atoms with Crippen LogP contribution in [0.1, 0.15) is 31.8 Å². The fourth-order valence-corrected chi connectivity index (χ4v) is 5.56. The van der Waals surface area contributed by atoms with Crippen LogP contribution in [0, 0.1) is 0 Å². The maximum Gasteiger partial charge on any atom is 1.00 e. The molecular weight excluding hydrogens is 610 g/mol. The maximum absolute atomic E-state index is 13.3. The van der Waals surface area contributed by atoms with Gasteiger partial charge >= 0.3 is 59.1 Å². The van der Waals surface area contributed by atoms with E-state index in [2.05, 4.69) is 9.50 Å². The van der Waals surface area contributed by atoms with E-state index in [4.69, 9.17) is 5.73 Å². The fourth-order valence-electron chi connectivity index (χ4n) is 3.75. The molecule has 0 radical (unpaired) electrons. The predicted octanol–water partition coefficient (Wildman–Crippen LogP) is -4.58. The average Bonchev–Trinajstić information content (AvgIpc) is 2.82. The number of nitrogens with one attached hydrogen (secondary N) is 1. The molecule has 4 rings (SSSR count). The molecule has 13 nitrogen and oxygen atoms in total. The zero-order valence-electron chi connectivity index (χ0n) is 20.6. The molecule has 0 unspecified atom stereocenters. The van der Waals surface area contributed by atoms with Gasteiger partial charge in [0.2, 0.25) is 9.84 Å². The van der Waals surface area contributed by atoms with Gasteiger partial charge in [0.05, 0.1) is 37.7 Å². The number of sulfone groups is 1. The van der Waals surface area contributed by atoms with E-state index in [0.29, 0.717) is 5.41 Å². The fraction of sp³-hybridized carbons (Fsp3) is 0. The van der Waals surface area contributed by atoms with Crippen LogP contribution in [0.5, 0.6) is 0 Å². The number of nitrogen functional groups attached to an aromatic ring is 1. The van der Waals surface area contributed by atoms with Gasteiger partial charge < -0.3 is 24.3 Å². The van der Waals surface area contributed by atoms with Crippen molar-refractivity contribution in [2.24, 2.45) is 0 Å². The van der Waals surface area contributed by atoms with E-state index in [-0.39, 0.29) is 93.4 Å². The van der Waals surface area contributed by atoms with E-state index in [1.807, 2.05) is 0 Å². The van der Waals surface area contributed by atoms with Gasteiger partial charge in [-0.15, -0.1) is 0 Å². The number of carbonyl (C=O) groups is 2. The number of hydrogen-bond acceptors (Lipinski definition) is 13. The Balaban J connectivity index is 0.00000280. The second-order valence-electron chi connectivity index (χ2n) is 7.72. The Morgan fingerprint density at radius 2 is 1.38 bits per heavy atom. The number of ketones is 2. The van der Waals surface area contributed by atoms with E-state index >= 15 is 0 Å². The Morgan fingerprint density at radius 1 is 0.800 bits per heavy atom. The summed E-state index contributed by atoms with van der Waals surface area (Å²) in [7, 11) is -14.8. The first-order valence-corrected chi connectivity index (χ1v) is 14.4. The van der Waals surface area contributed by atoms with E-state index in [0.717, 1.165) is 18.2 Å². The molecule has 3 N–H and O–H groups in total. The smallest absolute Gasteiger partial charge is 0.744 e. The summed E-state index contributed by atoms with van der Waals surface area (Å²) in [5.41, 5.74) is 3.92. The Labute approximate surface area is 273 Å². The zero-order valence-corrected chi connectivity index (χ0v) is 27.1. The summed E-state index contributed by atoms with van der Waals surface area (Å²) in [5, 5.41) is 2.96. The first-order valence-electron chi connectivity index (χ1n) is 10.1. The van der Waals surface area contributed by atoms with Crippen LogP contribution in [-0.4, -0.2) is 45.9 Å². The number of fused-ring (bicyclic) bond motifs is 2. The van der Waals surface area contributed by atoms with Crippen LogP contribution in [0.3, 0.4) is 0 Å². The molecule has 198 valence electrons. The van der Waals surface area contributed by atoms with Crippen molar-refractivity contribution >= 4 is 59.0 Å². The monoisotopic (exact) mass is 624 g/mol. The summed E-state index contributed by atoms with van der Waals surface area (Å²) in [6.45, 7) is 0. The molecule has 0 aliphatic heterocycles. The Bertz CT molecular complexity index is 1890. The third-order valence-electron chi connectivity index (χ3n) is 5.32. The first-order chi connectivity index (χ1) is 17.6. The Kier molecular flexibility index (Phi) is 10.6. The Hall–Kier alpha value is -2.09. The molecule has 3 aromatic carbocycles. The van der Waals surface area contributed by atoms with Crippen molar-refractivity contribution < 1.29 is 107 Å². The van der Waals surface area contributed by atoms with Crippen molar-refractivity contribution in [3.8, 4) is 0 Å². The van der Waals surface area contributed by atoms with Gasteiger partial charge in [0.25, 0.3) is 10.4 Å². The van der Waals surface area contributed by atoms with Gasteiger partial charge in [-0.25, -0.2) is 25.3 Å². The van der Waals surface area contributed by atoms with Crippen molar-refractivity contribution in [2.75, 3.05) is 11.1 Å². The molecule has 3 aromatic rings. The molecule has 0 fully saturated rings. The van der Waals surface area contributed by atoms with Crippen LogP contribution in [0.25, 0.3) is 0 Å². The van der Waals surface area contributed by atoms with E-state index in [1.54, 1.807) is 0 Å². The molecule has 0 spiro atoms. The van der Waals surface area contributed by atoms with Crippen molar-refractivity contribution in [3.05, 3.63) is 88.5 Å². The van der Waals surface area contributed by atoms with E-state index < -0.39 is 63.0 Å². The van der Waals surface area contributed by atoms with Gasteiger partial charge in [0, 0.05) is 16.8 Å². The number of hydrogen-bond donors (Lipinski definition) is 2. The first kappa shape index (κ1) is 34.1. The van der Waals surface area contributed by atoms with Gasteiger partial charge in [-0.05, 0) is 24.3 Å². The maximum atomic E-state index is 13.3. The number of nitrogens with two attached hydrogens (primary N) is 1. The zero-order chi connectivity index (χ0) is 28.0. The molecule has 0 amide bonds. The number of benzene rings is 3. The third kappa shape index (κ3) is 7.03. The van der Waals surface area contributed by atoms with Gasteiger partial charge in [0.1, 0.15) is 16.4 Å². The third-order valence-corrected chi connectivity index (χ3v) is 7.92. The molecule has 1 aliphatic carbocycles. The van der Waals surface area contributed by atoms with Crippen LogP contribution < -0.4 is 70.2 Å². The largest absolute Gasteiger partial charge is 1.00 e. The Morgan fingerprint density at radius 3 is 1.93 bits per heavy atom. The molecule has 0 saturated carbocycles. The summed E-state index contributed by atoms with van der Waals surface area (Å²) in [6.07, 6.45) is 0.168. The molecule has 0 atom stereocenters. The minimum Gasteiger partial charge on any atom is -0.744 e. The van der Waals surface area contributed by atoms with Gasteiger partial charge in [-0.3, -0.25) is 9.59 Å². The number of carbonyl (C=O) groups excluding carboxylic acids is 2. The summed E-state index contributed by atoms with van der Waals surface area (Å²) in [5.74, 6) is -1.50. The van der Waals surface area contributed by atoms with Gasteiger partial charge in [-0.2, -0.15) is 0 Å². The van der Waals surface area contributed by atoms with Crippen LogP contribution in [0.15, 0.2) is 76.1 Å². The molecular formula is C22H14N2Na2O11S3. The second-order valence-corrected chi connectivity index (χ2v) is 11.9. The predicted molar refractivity (Wildman–Crippen MR) is 129 cm³/mol. The molecule has 0 heterocycles. The number of anilines is 3. The quantitative estimate of drug-likeness (QED) is 0.0649. The van der Waals surface area contributed by atoms with Crippen LogP contribution in [-0.2, 0) is 34.5 Å². The summed E-state index contributed by atoms with van der Waals surface area (Å²) >= 11 is 0. The minimum absolute atomic E-state index is 0. The van der Waals surface area contributed by atoms with Crippen LogP contribution >= 0.6 is 0 Å². The summed E-state index contributed by atoms with van der Waals surface area (Å²) in [4.78, 5) is 25.1. The van der Waals surface area contributed by atoms with E-state index in [1.165, 1.54) is 36.4 Å². The van der Waals surface area contributed by atoms with Gasteiger partial charge in [0.15, 0.2) is 11.6 Å². The normalized spacial score (nSPS) is 13.1. The van der Waals surface area contributed by atoms with Crippen molar-refractivity contribution in [1.29, 1.82) is 0 Å². The average molecular weight is 625 g/mol. The standard InChI is InChI=1S/C22H16N2O11S3.2Na/c23-20-17(37(29,30)31)11-16(18-19(20)22(26)15-7-2-1-6-14(15)21(18)25)24-12-4-3-5-13(10-12)36(27,28)9-8-35-38(32,33)34;;/h1-11,24H,23H2,(H,29,30,31)(H,32,33,34);;/q;2*+1/p-2/b9-8+;;. The molecule has 0 aromatic heterocycles. The summed E-state index contributed by atoms with van der Waals surface area (Å²) < 4.78 is 96.0. The van der Waals surface area contributed by atoms with E-state index in [9.17, 15) is 43.9 Å². The SMILES string of the molecule is Nc1c(S(=O)(=O)[O-])cc(Nc2cccc(S(=O)(=O)/C=C/OS(=O)(=O)[O-])c2)c2c1C(=O)c1ccccc1C2=O.[Na+].[Na+]. The molecule has 40 heavy (non-hydrogen) atoms. The second kappa shape index (κ2) is 12.4. The molecule has 1 aliphatic rings. The van der Waals surface area contributed by atoms with Gasteiger partial charge in [-0.1, -0.05) is 30.3 Å². The minimum atomic E-state index is -5.23. The van der Waals surface area contributed by atoms with Crippen molar-refractivity contribution in [2.45, 2.75) is 9.79 Å².